The van der Waals surface area contributed by atoms with Crippen LogP contribution in [0.5, 0.6) is 0 Å². The van der Waals surface area contributed by atoms with Crippen LogP contribution in [0.25, 0.3) is 11.0 Å². The van der Waals surface area contributed by atoms with Crippen LogP contribution in [-0.4, -0.2) is 0 Å². The minimum atomic E-state index is 0.895. The molecule has 0 saturated heterocycles. The van der Waals surface area contributed by atoms with E-state index in [4.69, 9.17) is 10.3 Å². The predicted octanol–water partition coefficient (Wildman–Crippen LogP) is 2.03. The van der Waals surface area contributed by atoms with Crippen LogP contribution in [0.3, 0.4) is 0 Å². The smallest absolute Gasteiger partial charge is 0.134 e. The Morgan fingerprint density at radius 3 is 3.00 bits per heavy atom. The van der Waals surface area contributed by atoms with Gasteiger partial charge in [0.15, 0.2) is 0 Å². The molecule has 0 bridgehead atoms. The summed E-state index contributed by atoms with van der Waals surface area (Å²) in [6, 6.07) is 5.75. The van der Waals surface area contributed by atoms with Crippen LogP contribution in [0.1, 0.15) is 5.56 Å². The van der Waals surface area contributed by atoms with Crippen molar-refractivity contribution in [2.45, 2.75) is 6.92 Å². The maximum absolute atomic E-state index is 5.28. The number of furan rings is 1. The average Bonchev–Trinajstić information content (AvgIpc) is 2.47. The number of nitrogen functional groups attached to an aromatic ring is 1. The van der Waals surface area contributed by atoms with Crippen molar-refractivity contribution in [1.29, 1.82) is 0 Å². The fourth-order valence-corrected chi connectivity index (χ4v) is 1.25. The Morgan fingerprint density at radius 2 is 2.25 bits per heavy atom. The Labute approximate surface area is 70.1 Å². The van der Waals surface area contributed by atoms with E-state index in [9.17, 15) is 0 Å². The summed E-state index contributed by atoms with van der Waals surface area (Å²) in [7, 11) is 0. The highest BCUT2D eigenvalue weighted by Crippen LogP contribution is 2.23. The van der Waals surface area contributed by atoms with E-state index in [1.165, 1.54) is 0 Å². The largest absolute Gasteiger partial charge is 0.464 e. The number of hydrazine groups is 1. The SMILES string of the molecule is Cc1coc2ccc(NN)cc12. The minimum Gasteiger partial charge on any atom is -0.464 e. The zero-order chi connectivity index (χ0) is 8.55. The van der Waals surface area contributed by atoms with E-state index in [0.717, 1.165) is 22.2 Å². The van der Waals surface area contributed by atoms with E-state index < -0.39 is 0 Å². The van der Waals surface area contributed by atoms with Crippen molar-refractivity contribution in [2.75, 3.05) is 5.43 Å². The topological polar surface area (TPSA) is 51.2 Å². The van der Waals surface area contributed by atoms with Gasteiger partial charge in [-0.1, -0.05) is 0 Å². The van der Waals surface area contributed by atoms with Crippen LogP contribution in [0.2, 0.25) is 0 Å². The molecular formula is C9H10N2O. The second kappa shape index (κ2) is 2.53. The van der Waals surface area contributed by atoms with Gasteiger partial charge >= 0.3 is 0 Å². The Hall–Kier alpha value is -1.48. The van der Waals surface area contributed by atoms with Gasteiger partial charge in [-0.15, -0.1) is 0 Å². The lowest BCUT2D eigenvalue weighted by Gasteiger charge is -1.97. The zero-order valence-corrected chi connectivity index (χ0v) is 6.79. The van der Waals surface area contributed by atoms with E-state index in [1.807, 2.05) is 25.1 Å². The fraction of sp³-hybridized carbons (Fsp3) is 0.111. The van der Waals surface area contributed by atoms with Crippen molar-refractivity contribution >= 4 is 16.7 Å². The van der Waals surface area contributed by atoms with E-state index >= 15 is 0 Å². The molecule has 1 heterocycles. The van der Waals surface area contributed by atoms with Crippen molar-refractivity contribution in [3.63, 3.8) is 0 Å². The number of nitrogens with two attached hydrogens (primary N) is 1. The first kappa shape index (κ1) is 7.18. The molecule has 12 heavy (non-hydrogen) atoms. The van der Waals surface area contributed by atoms with Crippen molar-refractivity contribution in [2.24, 2.45) is 5.84 Å². The molecule has 1 aromatic heterocycles. The molecule has 3 nitrogen and oxygen atoms in total. The normalized spacial score (nSPS) is 10.5. The first-order valence-electron chi connectivity index (χ1n) is 3.76. The molecule has 3 N–H and O–H groups in total. The molecule has 0 saturated carbocycles. The first-order chi connectivity index (χ1) is 5.81. The summed E-state index contributed by atoms with van der Waals surface area (Å²) in [4.78, 5) is 0. The van der Waals surface area contributed by atoms with Gasteiger partial charge in [0, 0.05) is 11.1 Å². The predicted molar refractivity (Wildman–Crippen MR) is 48.8 cm³/mol. The van der Waals surface area contributed by atoms with Gasteiger partial charge < -0.3 is 9.84 Å². The molecule has 0 aliphatic heterocycles. The van der Waals surface area contributed by atoms with Gasteiger partial charge in [-0.05, 0) is 30.7 Å². The third kappa shape index (κ3) is 0.950. The lowest BCUT2D eigenvalue weighted by atomic mass is 10.2. The highest BCUT2D eigenvalue weighted by molar-refractivity contribution is 5.84. The molecular weight excluding hydrogens is 152 g/mol. The molecule has 0 radical (unpaired) electrons. The third-order valence-corrected chi connectivity index (χ3v) is 1.93. The number of nitrogens with one attached hydrogen (secondary N) is 1. The average molecular weight is 162 g/mol. The Kier molecular flexibility index (Phi) is 1.52. The first-order valence-corrected chi connectivity index (χ1v) is 3.76. The van der Waals surface area contributed by atoms with Crippen molar-refractivity contribution in [1.82, 2.24) is 0 Å². The summed E-state index contributed by atoms with van der Waals surface area (Å²) in [6.07, 6.45) is 1.74. The number of benzene rings is 1. The summed E-state index contributed by atoms with van der Waals surface area (Å²) < 4.78 is 5.28. The van der Waals surface area contributed by atoms with Crippen LogP contribution in [0.15, 0.2) is 28.9 Å². The molecule has 0 aliphatic rings. The second-order valence-corrected chi connectivity index (χ2v) is 2.77. The van der Waals surface area contributed by atoms with Gasteiger partial charge in [0.1, 0.15) is 5.58 Å². The van der Waals surface area contributed by atoms with Crippen LogP contribution < -0.4 is 11.3 Å². The lowest BCUT2D eigenvalue weighted by molar-refractivity contribution is 0.613. The van der Waals surface area contributed by atoms with Crippen molar-refractivity contribution < 1.29 is 4.42 Å². The van der Waals surface area contributed by atoms with Crippen molar-refractivity contribution in [3.05, 3.63) is 30.0 Å². The summed E-state index contributed by atoms with van der Waals surface area (Å²) in [5, 5.41) is 1.10. The van der Waals surface area contributed by atoms with Gasteiger partial charge in [0.05, 0.1) is 6.26 Å². The van der Waals surface area contributed by atoms with Crippen LogP contribution in [-0.2, 0) is 0 Å². The van der Waals surface area contributed by atoms with Gasteiger partial charge in [0.25, 0.3) is 0 Å². The maximum atomic E-state index is 5.28. The Morgan fingerprint density at radius 1 is 1.42 bits per heavy atom. The molecule has 2 aromatic rings. The van der Waals surface area contributed by atoms with Crippen LogP contribution in [0, 0.1) is 6.92 Å². The number of rotatable bonds is 1. The summed E-state index contributed by atoms with van der Waals surface area (Å²) in [5.41, 5.74) is 5.51. The van der Waals surface area contributed by atoms with Gasteiger partial charge in [0.2, 0.25) is 0 Å². The van der Waals surface area contributed by atoms with E-state index in [1.54, 1.807) is 6.26 Å². The zero-order valence-electron chi connectivity index (χ0n) is 6.79. The highest BCUT2D eigenvalue weighted by atomic mass is 16.3. The number of fused-ring (bicyclic) bond motifs is 1. The van der Waals surface area contributed by atoms with Gasteiger partial charge in [-0.3, -0.25) is 5.84 Å². The monoisotopic (exact) mass is 162 g/mol. The Bertz CT molecular complexity index is 406. The number of hydrogen-bond donors (Lipinski definition) is 2. The molecule has 0 spiro atoms. The summed E-state index contributed by atoms with van der Waals surface area (Å²) in [6.45, 7) is 2.01. The van der Waals surface area contributed by atoms with Crippen LogP contribution in [0.4, 0.5) is 5.69 Å². The van der Waals surface area contributed by atoms with E-state index in [0.29, 0.717) is 0 Å². The highest BCUT2D eigenvalue weighted by Gasteiger charge is 2.01. The molecule has 0 amide bonds. The second-order valence-electron chi connectivity index (χ2n) is 2.77. The van der Waals surface area contributed by atoms with Gasteiger partial charge in [-0.25, -0.2) is 0 Å². The maximum Gasteiger partial charge on any atom is 0.134 e. The van der Waals surface area contributed by atoms with Crippen molar-refractivity contribution in [3.8, 4) is 0 Å². The molecule has 3 heteroatoms. The minimum absolute atomic E-state index is 0.895. The third-order valence-electron chi connectivity index (χ3n) is 1.93. The Balaban J connectivity index is 2.71. The van der Waals surface area contributed by atoms with E-state index in [-0.39, 0.29) is 0 Å². The summed E-state index contributed by atoms with van der Waals surface area (Å²) >= 11 is 0. The molecule has 0 atom stereocenters. The number of anilines is 1. The van der Waals surface area contributed by atoms with Gasteiger partial charge in [-0.2, -0.15) is 0 Å². The molecule has 0 fully saturated rings. The standard InChI is InChI=1S/C9H10N2O/c1-6-5-12-9-3-2-7(11-10)4-8(6)9/h2-5,11H,10H2,1H3. The molecule has 0 unspecified atom stereocenters. The molecule has 2 rings (SSSR count). The van der Waals surface area contributed by atoms with E-state index in [2.05, 4.69) is 5.43 Å². The summed E-state index contributed by atoms with van der Waals surface area (Å²) in [5.74, 6) is 5.28. The quantitative estimate of drug-likeness (QED) is 0.498. The number of hydrogen-bond acceptors (Lipinski definition) is 3. The molecule has 0 aliphatic carbocycles. The number of aryl methyl sites for hydroxylation is 1. The molecule has 1 aromatic carbocycles. The lowest BCUT2D eigenvalue weighted by Crippen LogP contribution is -2.05. The molecule has 62 valence electrons. The van der Waals surface area contributed by atoms with Crippen LogP contribution >= 0.6 is 0 Å². The fourth-order valence-electron chi connectivity index (χ4n) is 1.25.